The summed E-state index contributed by atoms with van der Waals surface area (Å²) in [7, 11) is 0. The number of carbonyl (C=O) groups is 2. The van der Waals surface area contributed by atoms with Gasteiger partial charge in [0.15, 0.2) is 11.5 Å². The molecule has 0 saturated carbocycles. The Morgan fingerprint density at radius 3 is 2.44 bits per heavy atom. The lowest BCUT2D eigenvalue weighted by molar-refractivity contribution is -0.130. The molecule has 1 aliphatic heterocycles. The molecule has 0 unspecified atom stereocenters. The van der Waals surface area contributed by atoms with Crippen molar-refractivity contribution in [2.45, 2.75) is 39.3 Å². The average molecular weight is 339 g/mol. The van der Waals surface area contributed by atoms with Gasteiger partial charge in [-0.15, -0.1) is 0 Å². The highest BCUT2D eigenvalue weighted by Gasteiger charge is 2.42. The summed E-state index contributed by atoms with van der Waals surface area (Å²) in [6, 6.07) is 10.7. The number of ketones is 1. The molecule has 0 saturated heterocycles. The van der Waals surface area contributed by atoms with Crippen molar-refractivity contribution in [3.63, 3.8) is 0 Å². The molecule has 130 valence electrons. The molecule has 0 spiro atoms. The van der Waals surface area contributed by atoms with Crippen molar-refractivity contribution in [2.75, 3.05) is 0 Å². The Balaban J connectivity index is 2.02. The molecule has 1 aliphatic rings. The van der Waals surface area contributed by atoms with Gasteiger partial charge in [0, 0.05) is 0 Å². The number of aliphatic hydroxyl groups is 1. The number of rotatable bonds is 5. The monoisotopic (exact) mass is 339 g/mol. The van der Waals surface area contributed by atoms with E-state index in [0.717, 1.165) is 5.56 Å². The number of furan rings is 1. The zero-order valence-corrected chi connectivity index (χ0v) is 14.5. The van der Waals surface area contributed by atoms with Crippen molar-refractivity contribution in [2.24, 2.45) is 0 Å². The predicted octanol–water partition coefficient (Wildman–Crippen LogP) is 3.89. The van der Waals surface area contributed by atoms with Crippen LogP contribution >= 0.6 is 0 Å². The van der Waals surface area contributed by atoms with E-state index in [2.05, 4.69) is 13.8 Å². The molecule has 2 aromatic rings. The number of hydrogen-bond donors (Lipinski definition) is 1. The zero-order valence-electron chi connectivity index (χ0n) is 14.5. The first-order valence-corrected chi connectivity index (χ1v) is 8.27. The summed E-state index contributed by atoms with van der Waals surface area (Å²) < 4.78 is 5.33. The van der Waals surface area contributed by atoms with Crippen molar-refractivity contribution in [1.29, 1.82) is 0 Å². The van der Waals surface area contributed by atoms with Gasteiger partial charge in [-0.3, -0.25) is 9.59 Å². The molecule has 3 rings (SSSR count). The number of aliphatic hydroxyl groups excluding tert-OH is 1. The Bertz CT molecular complexity index is 816. The summed E-state index contributed by atoms with van der Waals surface area (Å²) in [5.74, 6) is -0.369. The fraction of sp³-hybridized carbons (Fsp3) is 0.300. The molecule has 1 atom stereocenters. The van der Waals surface area contributed by atoms with E-state index in [0.29, 0.717) is 11.7 Å². The minimum absolute atomic E-state index is 0.133. The van der Waals surface area contributed by atoms with Crippen LogP contribution < -0.4 is 0 Å². The molecule has 0 bridgehead atoms. The number of carbonyl (C=O) groups excluding carboxylic acids is 2. The summed E-state index contributed by atoms with van der Waals surface area (Å²) in [5.41, 5.74) is 2.09. The summed E-state index contributed by atoms with van der Waals surface area (Å²) in [6.45, 7) is 5.75. The van der Waals surface area contributed by atoms with Gasteiger partial charge < -0.3 is 14.4 Å². The van der Waals surface area contributed by atoms with Crippen LogP contribution in [0.3, 0.4) is 0 Å². The third-order valence-corrected chi connectivity index (χ3v) is 4.51. The summed E-state index contributed by atoms with van der Waals surface area (Å²) >= 11 is 0. The fourth-order valence-electron chi connectivity index (χ4n) is 3.16. The first-order chi connectivity index (χ1) is 11.9. The van der Waals surface area contributed by atoms with Gasteiger partial charge in [0.2, 0.25) is 0 Å². The van der Waals surface area contributed by atoms with Crippen molar-refractivity contribution in [3.05, 3.63) is 70.9 Å². The fourth-order valence-corrected chi connectivity index (χ4v) is 3.16. The van der Waals surface area contributed by atoms with Gasteiger partial charge in [-0.2, -0.15) is 0 Å². The van der Waals surface area contributed by atoms with E-state index >= 15 is 0 Å². The lowest BCUT2D eigenvalue weighted by Gasteiger charge is -2.26. The molecule has 1 aromatic heterocycles. The lowest BCUT2D eigenvalue weighted by Crippen LogP contribution is -2.30. The maximum Gasteiger partial charge on any atom is 0.290 e. The number of hydrogen-bond acceptors (Lipinski definition) is 4. The van der Waals surface area contributed by atoms with Crippen molar-refractivity contribution >= 4 is 11.7 Å². The van der Waals surface area contributed by atoms with Crippen LogP contribution in [0.1, 0.15) is 49.6 Å². The Kier molecular flexibility index (Phi) is 4.49. The Hall–Kier alpha value is -2.82. The second kappa shape index (κ2) is 6.59. The summed E-state index contributed by atoms with van der Waals surface area (Å²) in [4.78, 5) is 26.1. The van der Waals surface area contributed by atoms with Gasteiger partial charge in [0.1, 0.15) is 5.76 Å². The SMILES string of the molecule is CC(=O)C1=C(O)C(=O)N(Cc2ccco2)[C@H]1c1ccc(C(C)C)cc1. The van der Waals surface area contributed by atoms with Crippen LogP contribution in [-0.4, -0.2) is 21.7 Å². The Morgan fingerprint density at radius 1 is 1.24 bits per heavy atom. The van der Waals surface area contributed by atoms with Gasteiger partial charge in [0.05, 0.1) is 24.4 Å². The number of Topliss-reactive ketones (excluding diaryl/α,β-unsaturated/α-hetero) is 1. The van der Waals surface area contributed by atoms with Gasteiger partial charge in [-0.25, -0.2) is 0 Å². The van der Waals surface area contributed by atoms with Crippen LogP contribution in [-0.2, 0) is 16.1 Å². The van der Waals surface area contributed by atoms with Crippen molar-refractivity contribution in [3.8, 4) is 0 Å². The standard InChI is InChI=1S/C20H21NO4/c1-12(2)14-6-8-15(9-7-14)18-17(13(3)22)19(23)20(24)21(18)11-16-5-4-10-25-16/h4-10,12,18,23H,11H2,1-3H3/t18-/m0/s1. The van der Waals surface area contributed by atoms with Crippen LogP contribution in [0, 0.1) is 0 Å². The third-order valence-electron chi connectivity index (χ3n) is 4.51. The zero-order chi connectivity index (χ0) is 18.1. The normalized spacial score (nSPS) is 17.7. The predicted molar refractivity (Wildman–Crippen MR) is 92.9 cm³/mol. The van der Waals surface area contributed by atoms with Gasteiger partial charge in [-0.05, 0) is 36.1 Å². The second-order valence-electron chi connectivity index (χ2n) is 6.55. The van der Waals surface area contributed by atoms with E-state index in [-0.39, 0.29) is 17.9 Å². The van der Waals surface area contributed by atoms with E-state index in [1.807, 2.05) is 24.3 Å². The molecule has 0 radical (unpaired) electrons. The highest BCUT2D eigenvalue weighted by molar-refractivity contribution is 6.08. The first-order valence-electron chi connectivity index (χ1n) is 8.27. The van der Waals surface area contributed by atoms with E-state index in [1.54, 1.807) is 12.1 Å². The number of nitrogens with zero attached hydrogens (tertiary/aromatic N) is 1. The van der Waals surface area contributed by atoms with Crippen LogP contribution in [0.25, 0.3) is 0 Å². The van der Waals surface area contributed by atoms with Crippen LogP contribution in [0.5, 0.6) is 0 Å². The maximum absolute atomic E-state index is 12.5. The van der Waals surface area contributed by atoms with E-state index in [9.17, 15) is 14.7 Å². The molecule has 25 heavy (non-hydrogen) atoms. The number of amides is 1. The van der Waals surface area contributed by atoms with Gasteiger partial charge >= 0.3 is 0 Å². The quantitative estimate of drug-likeness (QED) is 0.897. The topological polar surface area (TPSA) is 70.8 Å². The average Bonchev–Trinajstić information content (AvgIpc) is 3.17. The van der Waals surface area contributed by atoms with E-state index in [1.165, 1.54) is 23.7 Å². The van der Waals surface area contributed by atoms with E-state index in [4.69, 9.17) is 4.42 Å². The van der Waals surface area contributed by atoms with Crippen LogP contribution in [0.4, 0.5) is 0 Å². The minimum atomic E-state index is -0.615. The summed E-state index contributed by atoms with van der Waals surface area (Å²) in [6.07, 6.45) is 1.53. The van der Waals surface area contributed by atoms with Crippen LogP contribution in [0.2, 0.25) is 0 Å². The van der Waals surface area contributed by atoms with E-state index < -0.39 is 17.7 Å². The minimum Gasteiger partial charge on any atom is -0.503 e. The maximum atomic E-state index is 12.5. The second-order valence-corrected chi connectivity index (χ2v) is 6.55. The highest BCUT2D eigenvalue weighted by atomic mass is 16.3. The lowest BCUT2D eigenvalue weighted by atomic mass is 9.94. The first kappa shape index (κ1) is 17.0. The highest BCUT2D eigenvalue weighted by Crippen LogP contribution is 2.39. The Labute approximate surface area is 146 Å². The molecule has 1 aromatic carbocycles. The molecule has 0 fully saturated rings. The number of benzene rings is 1. The molecule has 2 heterocycles. The van der Waals surface area contributed by atoms with Crippen molar-refractivity contribution in [1.82, 2.24) is 4.90 Å². The smallest absolute Gasteiger partial charge is 0.290 e. The molecule has 1 amide bonds. The largest absolute Gasteiger partial charge is 0.503 e. The third kappa shape index (κ3) is 3.09. The summed E-state index contributed by atoms with van der Waals surface area (Å²) in [5, 5.41) is 10.2. The van der Waals surface area contributed by atoms with Gasteiger partial charge in [0.25, 0.3) is 5.91 Å². The molecule has 1 N–H and O–H groups in total. The Morgan fingerprint density at radius 2 is 1.92 bits per heavy atom. The molecule has 5 nitrogen and oxygen atoms in total. The molecule has 0 aliphatic carbocycles. The molecule has 5 heteroatoms. The van der Waals surface area contributed by atoms with Gasteiger partial charge in [-0.1, -0.05) is 38.1 Å². The molecular formula is C20H21NO4. The van der Waals surface area contributed by atoms with Crippen molar-refractivity contribution < 1.29 is 19.1 Å². The molecular weight excluding hydrogens is 318 g/mol. The van der Waals surface area contributed by atoms with Crippen LogP contribution in [0.15, 0.2) is 58.4 Å².